The van der Waals surface area contributed by atoms with Crippen LogP contribution in [-0.2, 0) is 9.59 Å². The van der Waals surface area contributed by atoms with E-state index >= 15 is 0 Å². The van der Waals surface area contributed by atoms with Crippen LogP contribution in [0.5, 0.6) is 0 Å². The van der Waals surface area contributed by atoms with Gasteiger partial charge in [0.25, 0.3) is 0 Å². The summed E-state index contributed by atoms with van der Waals surface area (Å²) >= 11 is 0. The molecule has 1 heterocycles. The number of carbonyl (C=O) groups is 3. The van der Waals surface area contributed by atoms with E-state index in [2.05, 4.69) is 10.6 Å². The van der Waals surface area contributed by atoms with Crippen LogP contribution in [0.3, 0.4) is 0 Å². The van der Waals surface area contributed by atoms with Gasteiger partial charge in [-0.2, -0.15) is 0 Å². The number of halogens is 1. The quantitative estimate of drug-likeness (QED) is 0.402. The molecule has 98 valence electrons. The van der Waals surface area contributed by atoms with E-state index in [0.717, 1.165) is 12.8 Å². The molecule has 0 radical (unpaired) electrons. The predicted molar refractivity (Wildman–Crippen MR) is 58.5 cm³/mol. The number of imide groups is 2. The second-order valence-electron chi connectivity index (χ2n) is 4.25. The van der Waals surface area contributed by atoms with Gasteiger partial charge in [-0.1, -0.05) is 27.2 Å². The average molecular weight is 285 g/mol. The van der Waals surface area contributed by atoms with Crippen molar-refractivity contribution in [2.24, 2.45) is 11.3 Å². The van der Waals surface area contributed by atoms with Gasteiger partial charge in [-0.3, -0.25) is 20.2 Å². The molecule has 0 aromatic rings. The van der Waals surface area contributed by atoms with Gasteiger partial charge in [0.1, 0.15) is 5.41 Å². The zero-order chi connectivity index (χ0) is 12.3. The van der Waals surface area contributed by atoms with Crippen molar-refractivity contribution in [1.82, 2.24) is 10.6 Å². The Morgan fingerprint density at radius 2 is 1.56 bits per heavy atom. The molecule has 18 heavy (non-hydrogen) atoms. The first-order chi connectivity index (χ1) is 7.48. The number of hydrogen-bond acceptors (Lipinski definition) is 3. The second-order valence-corrected chi connectivity index (χ2v) is 4.25. The summed E-state index contributed by atoms with van der Waals surface area (Å²) in [6, 6.07) is -0.720. The van der Waals surface area contributed by atoms with Gasteiger partial charge < -0.3 is 12.4 Å². The summed E-state index contributed by atoms with van der Waals surface area (Å²) in [5, 5.41) is 4.36. The molecule has 0 aromatic heterocycles. The first kappa shape index (κ1) is 20.2. The standard InChI is InChI=1S/C11H18N2O3.ClH.Na/c1-4-6-7(3)11(5-2)8(14)12-10(16)13-9(11)15;;/h7H,4-6H2,1-3H3,(H2,12,13,14,15,16);1H;/q;;+1/p-1. The fraction of sp³-hybridized carbons (Fsp3) is 0.727. The van der Waals surface area contributed by atoms with Crippen molar-refractivity contribution < 1.29 is 56.3 Å². The van der Waals surface area contributed by atoms with Crippen molar-refractivity contribution in [1.29, 1.82) is 0 Å². The maximum atomic E-state index is 11.9. The minimum Gasteiger partial charge on any atom is -1.00 e. The third-order valence-corrected chi connectivity index (χ3v) is 3.39. The molecule has 2 N–H and O–H groups in total. The smallest absolute Gasteiger partial charge is 1.00 e. The van der Waals surface area contributed by atoms with E-state index in [1.165, 1.54) is 0 Å². The number of urea groups is 1. The van der Waals surface area contributed by atoms with E-state index in [9.17, 15) is 14.4 Å². The molecule has 1 aliphatic rings. The molecule has 0 bridgehead atoms. The molecule has 7 heteroatoms. The van der Waals surface area contributed by atoms with Crippen LogP contribution in [0.1, 0.15) is 40.0 Å². The van der Waals surface area contributed by atoms with E-state index in [1.54, 1.807) is 6.92 Å². The van der Waals surface area contributed by atoms with E-state index < -0.39 is 23.3 Å². The van der Waals surface area contributed by atoms with Crippen molar-refractivity contribution in [2.75, 3.05) is 0 Å². The fourth-order valence-corrected chi connectivity index (χ4v) is 2.36. The van der Waals surface area contributed by atoms with Crippen molar-refractivity contribution in [3.05, 3.63) is 0 Å². The molecule has 4 amide bonds. The van der Waals surface area contributed by atoms with Crippen molar-refractivity contribution >= 4 is 17.8 Å². The Labute approximate surface area is 136 Å². The van der Waals surface area contributed by atoms with E-state index in [4.69, 9.17) is 0 Å². The average Bonchev–Trinajstić information content (AvgIpc) is 2.18. The van der Waals surface area contributed by atoms with Crippen molar-refractivity contribution in [2.45, 2.75) is 40.0 Å². The Bertz CT molecular complexity index is 316. The van der Waals surface area contributed by atoms with Gasteiger partial charge in [-0.05, 0) is 18.8 Å². The summed E-state index contributed by atoms with van der Waals surface area (Å²) < 4.78 is 0. The number of hydrogen-bond donors (Lipinski definition) is 2. The largest absolute Gasteiger partial charge is 1.00 e. The zero-order valence-electron chi connectivity index (χ0n) is 11.3. The van der Waals surface area contributed by atoms with E-state index in [1.807, 2.05) is 13.8 Å². The molecule has 1 saturated heterocycles. The Kier molecular flexibility index (Phi) is 9.15. The zero-order valence-corrected chi connectivity index (χ0v) is 14.1. The summed E-state index contributed by atoms with van der Waals surface area (Å²) in [6.07, 6.45) is 2.08. The molecule has 0 aromatic carbocycles. The van der Waals surface area contributed by atoms with Crippen LogP contribution in [0.25, 0.3) is 0 Å². The third-order valence-electron chi connectivity index (χ3n) is 3.39. The molecule has 1 atom stereocenters. The SMILES string of the molecule is CCCC(C)C1(CC)C(=O)NC(=O)NC1=O.[Cl-].[Na+]. The molecule has 1 aliphatic heterocycles. The molecule has 0 aliphatic carbocycles. The maximum absolute atomic E-state index is 11.9. The van der Waals surface area contributed by atoms with Crippen LogP contribution >= 0.6 is 0 Å². The number of carbonyl (C=O) groups excluding carboxylic acids is 3. The summed E-state index contributed by atoms with van der Waals surface area (Å²) in [5.74, 6) is -1.01. The van der Waals surface area contributed by atoms with Gasteiger partial charge in [0, 0.05) is 0 Å². The normalized spacial score (nSPS) is 18.9. The maximum Gasteiger partial charge on any atom is 1.00 e. The van der Waals surface area contributed by atoms with E-state index in [0.29, 0.717) is 6.42 Å². The number of amides is 4. The monoisotopic (exact) mass is 284 g/mol. The number of barbiturate groups is 1. The number of nitrogens with one attached hydrogen (secondary N) is 2. The van der Waals surface area contributed by atoms with Gasteiger partial charge in [0.05, 0.1) is 0 Å². The summed E-state index contributed by atoms with van der Waals surface area (Å²) in [7, 11) is 0. The molecule has 1 unspecified atom stereocenters. The van der Waals surface area contributed by atoms with Crippen molar-refractivity contribution in [3.8, 4) is 0 Å². The first-order valence-corrected chi connectivity index (χ1v) is 5.65. The Hall–Kier alpha value is -0.1000. The molecule has 1 rings (SSSR count). The Morgan fingerprint density at radius 3 is 1.89 bits per heavy atom. The van der Waals surface area contributed by atoms with Gasteiger partial charge in [-0.15, -0.1) is 0 Å². The van der Waals surface area contributed by atoms with Gasteiger partial charge in [-0.25, -0.2) is 4.79 Å². The van der Waals surface area contributed by atoms with Gasteiger partial charge >= 0.3 is 35.6 Å². The fourth-order valence-electron chi connectivity index (χ4n) is 2.36. The molecular formula is C11H18ClN2NaO3. The van der Waals surface area contributed by atoms with Crippen molar-refractivity contribution in [3.63, 3.8) is 0 Å². The Morgan fingerprint density at radius 1 is 1.11 bits per heavy atom. The molecule has 1 fully saturated rings. The number of rotatable bonds is 4. The van der Waals surface area contributed by atoms with Crippen LogP contribution in [-0.4, -0.2) is 17.8 Å². The minimum absolute atomic E-state index is 0. The van der Waals surface area contributed by atoms with Gasteiger partial charge in [0.2, 0.25) is 11.8 Å². The molecule has 5 nitrogen and oxygen atoms in total. The van der Waals surface area contributed by atoms with E-state index in [-0.39, 0.29) is 47.9 Å². The predicted octanol–water partition coefficient (Wildman–Crippen LogP) is -4.81. The summed E-state index contributed by atoms with van der Waals surface area (Å²) in [6.45, 7) is 5.67. The van der Waals surface area contributed by atoms with Crippen LogP contribution < -0.4 is 52.6 Å². The van der Waals surface area contributed by atoms with Crippen LogP contribution in [0.4, 0.5) is 4.79 Å². The topological polar surface area (TPSA) is 75.3 Å². The van der Waals surface area contributed by atoms with Crippen LogP contribution in [0.15, 0.2) is 0 Å². The second kappa shape index (κ2) is 8.15. The molecule has 0 spiro atoms. The van der Waals surface area contributed by atoms with Crippen LogP contribution in [0.2, 0.25) is 0 Å². The van der Waals surface area contributed by atoms with Crippen LogP contribution in [0, 0.1) is 11.3 Å². The van der Waals surface area contributed by atoms with Gasteiger partial charge in [0.15, 0.2) is 0 Å². The minimum atomic E-state index is -1.09. The summed E-state index contributed by atoms with van der Waals surface area (Å²) in [4.78, 5) is 34.8. The Balaban J connectivity index is 0. The molecule has 0 saturated carbocycles. The third kappa shape index (κ3) is 3.47. The first-order valence-electron chi connectivity index (χ1n) is 5.65. The molecular weight excluding hydrogens is 267 g/mol. The summed E-state index contributed by atoms with van der Waals surface area (Å²) in [5.41, 5.74) is -1.09.